The van der Waals surface area contributed by atoms with Gasteiger partial charge in [0.2, 0.25) is 11.8 Å². The number of aryl methyl sites for hydroxylation is 1. The Morgan fingerprint density at radius 2 is 1.93 bits per heavy atom. The van der Waals surface area contributed by atoms with Gasteiger partial charge in [0.25, 0.3) is 0 Å². The number of nitrogens with one attached hydrogen (secondary N) is 1. The van der Waals surface area contributed by atoms with Crippen LogP contribution in [0.15, 0.2) is 60.0 Å². The minimum Gasteiger partial charge on any atom is -0.322 e. The van der Waals surface area contributed by atoms with Gasteiger partial charge < -0.3 is 5.32 Å². The van der Waals surface area contributed by atoms with Crippen molar-refractivity contribution in [2.24, 2.45) is 0 Å². The highest BCUT2D eigenvalue weighted by molar-refractivity contribution is 7.14. The number of halogens is 1. The molecule has 0 bridgehead atoms. The van der Waals surface area contributed by atoms with Crippen molar-refractivity contribution >= 4 is 45.7 Å². The molecule has 1 aromatic heterocycles. The second-order valence-corrected chi connectivity index (χ2v) is 6.86. The van der Waals surface area contributed by atoms with Crippen molar-refractivity contribution in [1.29, 1.82) is 0 Å². The van der Waals surface area contributed by atoms with Gasteiger partial charge in [-0.25, -0.2) is 9.37 Å². The van der Waals surface area contributed by atoms with E-state index in [-0.39, 0.29) is 17.6 Å². The Balaban J connectivity index is 1.72. The molecule has 2 amide bonds. The van der Waals surface area contributed by atoms with E-state index in [0.29, 0.717) is 22.1 Å². The van der Waals surface area contributed by atoms with Crippen LogP contribution in [0, 0.1) is 12.7 Å². The van der Waals surface area contributed by atoms with Gasteiger partial charge in [-0.15, -0.1) is 11.3 Å². The molecule has 0 saturated heterocycles. The fraction of sp³-hybridized carbons (Fsp3) is 0.0952. The standard InChI is InChI=1S/C21H18FN3O2S/c1-14-12-16(22)8-10-19(14)24-20(27)11-9-17-13-28-21(23-17)25(15(2)26)18-6-4-3-5-7-18/h3-13H,1-2H3,(H,24,27)/b11-9+. The minimum absolute atomic E-state index is 0.152. The first-order chi connectivity index (χ1) is 13.4. The van der Waals surface area contributed by atoms with Crippen LogP contribution in [0.5, 0.6) is 0 Å². The number of carbonyl (C=O) groups excluding carboxylic acids is 2. The topological polar surface area (TPSA) is 62.3 Å². The SMILES string of the molecule is CC(=O)N(c1ccccc1)c1nc(/C=C/C(=O)Nc2ccc(F)cc2C)cs1. The number of thiazole rings is 1. The third-order valence-corrected chi connectivity index (χ3v) is 4.73. The summed E-state index contributed by atoms with van der Waals surface area (Å²) in [6, 6.07) is 13.4. The van der Waals surface area contributed by atoms with Crippen LogP contribution in [0.2, 0.25) is 0 Å². The first kappa shape index (κ1) is 19.4. The lowest BCUT2D eigenvalue weighted by Gasteiger charge is -2.17. The number of anilines is 3. The molecule has 0 saturated carbocycles. The molecule has 0 aliphatic carbocycles. The van der Waals surface area contributed by atoms with E-state index in [9.17, 15) is 14.0 Å². The molecule has 2 aromatic carbocycles. The van der Waals surface area contributed by atoms with Crippen molar-refractivity contribution in [3.05, 3.63) is 77.1 Å². The maximum atomic E-state index is 13.1. The molecule has 0 aliphatic heterocycles. The van der Waals surface area contributed by atoms with Gasteiger partial charge in [0.05, 0.1) is 11.4 Å². The van der Waals surface area contributed by atoms with Crippen molar-refractivity contribution in [3.8, 4) is 0 Å². The Labute approximate surface area is 166 Å². The van der Waals surface area contributed by atoms with Crippen LogP contribution in [-0.4, -0.2) is 16.8 Å². The molecule has 1 heterocycles. The lowest BCUT2D eigenvalue weighted by Crippen LogP contribution is -2.22. The highest BCUT2D eigenvalue weighted by Crippen LogP contribution is 2.29. The van der Waals surface area contributed by atoms with E-state index in [1.54, 1.807) is 18.4 Å². The zero-order valence-corrected chi connectivity index (χ0v) is 16.2. The Morgan fingerprint density at radius 3 is 2.61 bits per heavy atom. The number of rotatable bonds is 5. The van der Waals surface area contributed by atoms with E-state index in [1.807, 2.05) is 30.3 Å². The molecule has 7 heteroatoms. The molecule has 28 heavy (non-hydrogen) atoms. The fourth-order valence-electron chi connectivity index (χ4n) is 2.56. The van der Waals surface area contributed by atoms with Crippen LogP contribution in [0.25, 0.3) is 6.08 Å². The zero-order valence-electron chi connectivity index (χ0n) is 15.3. The molecule has 0 radical (unpaired) electrons. The van der Waals surface area contributed by atoms with Crippen LogP contribution in [0.4, 0.5) is 20.9 Å². The zero-order chi connectivity index (χ0) is 20.1. The molecule has 0 unspecified atom stereocenters. The quantitative estimate of drug-likeness (QED) is 0.623. The Bertz CT molecular complexity index is 1030. The number of para-hydroxylation sites is 1. The summed E-state index contributed by atoms with van der Waals surface area (Å²) < 4.78 is 13.1. The number of benzene rings is 2. The van der Waals surface area contributed by atoms with Gasteiger partial charge in [-0.2, -0.15) is 0 Å². The van der Waals surface area contributed by atoms with Crippen molar-refractivity contribution in [2.45, 2.75) is 13.8 Å². The molecule has 3 rings (SSSR count). The summed E-state index contributed by atoms with van der Waals surface area (Å²) in [6.45, 7) is 3.19. The summed E-state index contributed by atoms with van der Waals surface area (Å²) in [5.41, 5.74) is 2.47. The van der Waals surface area contributed by atoms with Crippen molar-refractivity contribution in [1.82, 2.24) is 4.98 Å². The lowest BCUT2D eigenvalue weighted by molar-refractivity contribution is -0.116. The summed E-state index contributed by atoms with van der Waals surface area (Å²) in [5, 5.41) is 4.99. The van der Waals surface area contributed by atoms with Crippen LogP contribution >= 0.6 is 11.3 Å². The molecule has 0 spiro atoms. The summed E-state index contributed by atoms with van der Waals surface area (Å²) in [4.78, 5) is 30.1. The van der Waals surface area contributed by atoms with E-state index in [1.165, 1.54) is 47.4 Å². The first-order valence-corrected chi connectivity index (χ1v) is 9.38. The lowest BCUT2D eigenvalue weighted by atomic mass is 10.2. The van der Waals surface area contributed by atoms with Gasteiger partial charge in [0, 0.05) is 24.1 Å². The van der Waals surface area contributed by atoms with Gasteiger partial charge in [-0.05, 0) is 48.9 Å². The molecular formula is C21H18FN3O2S. The number of nitrogens with zero attached hydrogens (tertiary/aromatic N) is 2. The summed E-state index contributed by atoms with van der Waals surface area (Å²) >= 11 is 1.31. The normalized spacial score (nSPS) is 10.8. The number of hydrogen-bond donors (Lipinski definition) is 1. The van der Waals surface area contributed by atoms with Gasteiger partial charge in [-0.3, -0.25) is 14.5 Å². The molecule has 0 fully saturated rings. The van der Waals surface area contributed by atoms with Crippen molar-refractivity contribution < 1.29 is 14.0 Å². The predicted molar refractivity (Wildman–Crippen MR) is 110 cm³/mol. The van der Waals surface area contributed by atoms with E-state index < -0.39 is 0 Å². The molecular weight excluding hydrogens is 377 g/mol. The van der Waals surface area contributed by atoms with Crippen LogP contribution < -0.4 is 10.2 Å². The highest BCUT2D eigenvalue weighted by Gasteiger charge is 2.17. The smallest absolute Gasteiger partial charge is 0.248 e. The average molecular weight is 395 g/mol. The second kappa shape index (κ2) is 8.58. The predicted octanol–water partition coefficient (Wildman–Crippen LogP) is 4.93. The number of hydrogen-bond acceptors (Lipinski definition) is 4. The summed E-state index contributed by atoms with van der Waals surface area (Å²) in [6.07, 6.45) is 2.92. The minimum atomic E-state index is -0.352. The largest absolute Gasteiger partial charge is 0.322 e. The maximum Gasteiger partial charge on any atom is 0.248 e. The summed E-state index contributed by atoms with van der Waals surface area (Å²) in [7, 11) is 0. The van der Waals surface area contributed by atoms with Gasteiger partial charge in [0.1, 0.15) is 5.82 Å². The highest BCUT2D eigenvalue weighted by atomic mass is 32.1. The third kappa shape index (κ3) is 4.69. The van der Waals surface area contributed by atoms with Crippen LogP contribution in [-0.2, 0) is 9.59 Å². The van der Waals surface area contributed by atoms with E-state index in [4.69, 9.17) is 0 Å². The monoisotopic (exact) mass is 395 g/mol. The van der Waals surface area contributed by atoms with Crippen LogP contribution in [0.3, 0.4) is 0 Å². The molecule has 5 nitrogen and oxygen atoms in total. The average Bonchev–Trinajstić information content (AvgIpc) is 3.11. The van der Waals surface area contributed by atoms with E-state index in [2.05, 4.69) is 10.3 Å². The third-order valence-electron chi connectivity index (χ3n) is 3.88. The van der Waals surface area contributed by atoms with Gasteiger partial charge in [0.15, 0.2) is 5.13 Å². The van der Waals surface area contributed by atoms with Crippen molar-refractivity contribution in [3.63, 3.8) is 0 Å². The van der Waals surface area contributed by atoms with Crippen LogP contribution in [0.1, 0.15) is 18.2 Å². The molecule has 0 atom stereocenters. The maximum absolute atomic E-state index is 13.1. The molecule has 142 valence electrons. The molecule has 0 aliphatic rings. The Kier molecular flexibility index (Phi) is 5.96. The van der Waals surface area contributed by atoms with E-state index in [0.717, 1.165) is 5.69 Å². The molecule has 3 aromatic rings. The fourth-order valence-corrected chi connectivity index (χ4v) is 3.42. The van der Waals surface area contributed by atoms with Crippen molar-refractivity contribution in [2.75, 3.05) is 10.2 Å². The van der Waals surface area contributed by atoms with Gasteiger partial charge in [-0.1, -0.05) is 18.2 Å². The number of amides is 2. The second-order valence-electron chi connectivity index (χ2n) is 6.03. The Hall–Kier alpha value is -3.32. The van der Waals surface area contributed by atoms with E-state index >= 15 is 0 Å². The molecule has 1 N–H and O–H groups in total. The number of aromatic nitrogens is 1. The number of carbonyl (C=O) groups is 2. The van der Waals surface area contributed by atoms with Gasteiger partial charge >= 0.3 is 0 Å². The summed E-state index contributed by atoms with van der Waals surface area (Å²) in [5.74, 6) is -0.856. The first-order valence-electron chi connectivity index (χ1n) is 8.50. The Morgan fingerprint density at radius 1 is 1.18 bits per heavy atom.